The van der Waals surface area contributed by atoms with E-state index in [1.165, 1.54) is 19.3 Å². The van der Waals surface area contributed by atoms with Crippen molar-refractivity contribution in [3.63, 3.8) is 0 Å². The summed E-state index contributed by atoms with van der Waals surface area (Å²) in [4.78, 5) is 6.41. The van der Waals surface area contributed by atoms with Crippen LogP contribution in [-0.2, 0) is 0 Å². The summed E-state index contributed by atoms with van der Waals surface area (Å²) in [6.45, 7) is 4.26. The van der Waals surface area contributed by atoms with Gasteiger partial charge in [-0.1, -0.05) is 18.5 Å². The van der Waals surface area contributed by atoms with Gasteiger partial charge in [0, 0.05) is 24.8 Å². The maximum atomic E-state index is 8.82. The maximum absolute atomic E-state index is 8.82. The van der Waals surface area contributed by atoms with Gasteiger partial charge in [-0.3, -0.25) is 4.98 Å². The highest BCUT2D eigenvalue weighted by Crippen LogP contribution is 2.26. The topological polar surface area (TPSA) is 74.7 Å². The molecule has 1 aromatic heterocycles. The maximum Gasteiger partial charge on any atom is 0.172 e. The largest absolute Gasteiger partial charge is 0.409 e. The quantitative estimate of drug-likeness (QED) is 0.370. The molecular weight excluding hydrogens is 228 g/mol. The van der Waals surface area contributed by atoms with Crippen molar-refractivity contribution in [1.82, 2.24) is 4.98 Å². The van der Waals surface area contributed by atoms with Crippen LogP contribution in [0.2, 0.25) is 0 Å². The number of anilines is 1. The fourth-order valence-corrected chi connectivity index (χ4v) is 2.49. The van der Waals surface area contributed by atoms with Crippen LogP contribution < -0.4 is 10.6 Å². The SMILES string of the molecule is CCC1CCN(c2cnccc2/C(N)=N/O)CC1. The lowest BCUT2D eigenvalue weighted by Gasteiger charge is -2.33. The van der Waals surface area contributed by atoms with Crippen molar-refractivity contribution in [2.24, 2.45) is 16.8 Å². The molecule has 0 aromatic carbocycles. The minimum Gasteiger partial charge on any atom is -0.409 e. The van der Waals surface area contributed by atoms with Crippen LogP contribution in [0.4, 0.5) is 5.69 Å². The van der Waals surface area contributed by atoms with Gasteiger partial charge in [0.25, 0.3) is 0 Å². The number of hydrogen-bond acceptors (Lipinski definition) is 4. The van der Waals surface area contributed by atoms with Gasteiger partial charge in [-0.2, -0.15) is 0 Å². The van der Waals surface area contributed by atoms with Crippen LogP contribution in [0, 0.1) is 5.92 Å². The monoisotopic (exact) mass is 248 g/mol. The molecule has 2 heterocycles. The summed E-state index contributed by atoms with van der Waals surface area (Å²) in [5, 5.41) is 11.9. The third-order valence-electron chi connectivity index (χ3n) is 3.72. The second kappa shape index (κ2) is 5.71. The molecule has 0 radical (unpaired) electrons. The summed E-state index contributed by atoms with van der Waals surface area (Å²) in [7, 11) is 0. The molecule has 1 aromatic rings. The summed E-state index contributed by atoms with van der Waals surface area (Å²) >= 11 is 0. The predicted molar refractivity (Wildman–Crippen MR) is 72.0 cm³/mol. The third kappa shape index (κ3) is 2.55. The Balaban J connectivity index is 2.19. The molecule has 1 saturated heterocycles. The van der Waals surface area contributed by atoms with E-state index in [2.05, 4.69) is 22.0 Å². The molecule has 0 spiro atoms. The first-order chi connectivity index (χ1) is 8.76. The lowest BCUT2D eigenvalue weighted by Crippen LogP contribution is -2.35. The molecule has 5 heteroatoms. The zero-order valence-corrected chi connectivity index (χ0v) is 10.7. The van der Waals surface area contributed by atoms with Gasteiger partial charge < -0.3 is 15.8 Å². The van der Waals surface area contributed by atoms with E-state index >= 15 is 0 Å². The Morgan fingerprint density at radius 1 is 1.56 bits per heavy atom. The van der Waals surface area contributed by atoms with Crippen LogP contribution in [0.25, 0.3) is 0 Å². The number of oxime groups is 1. The summed E-state index contributed by atoms with van der Waals surface area (Å²) in [5.74, 6) is 0.968. The van der Waals surface area contributed by atoms with Crippen molar-refractivity contribution in [2.75, 3.05) is 18.0 Å². The molecule has 0 aliphatic carbocycles. The van der Waals surface area contributed by atoms with Gasteiger partial charge in [0.1, 0.15) is 0 Å². The lowest BCUT2D eigenvalue weighted by atomic mass is 9.94. The first kappa shape index (κ1) is 12.7. The van der Waals surface area contributed by atoms with Gasteiger partial charge in [-0.15, -0.1) is 0 Å². The van der Waals surface area contributed by atoms with E-state index in [0.29, 0.717) is 0 Å². The number of hydrogen-bond donors (Lipinski definition) is 2. The van der Waals surface area contributed by atoms with Gasteiger partial charge >= 0.3 is 0 Å². The van der Waals surface area contributed by atoms with E-state index in [1.54, 1.807) is 18.5 Å². The first-order valence-corrected chi connectivity index (χ1v) is 6.43. The molecular formula is C13H20N4O. The standard InChI is InChI=1S/C13H20N4O/c1-2-10-4-7-17(8-5-10)12-9-15-6-3-11(12)13(14)16-18/h3,6,9-10,18H,2,4-5,7-8H2,1H3,(H2,14,16). The van der Waals surface area contributed by atoms with E-state index in [0.717, 1.165) is 30.3 Å². The van der Waals surface area contributed by atoms with Crippen molar-refractivity contribution >= 4 is 11.5 Å². The zero-order valence-electron chi connectivity index (χ0n) is 10.7. The Labute approximate surface area is 107 Å². The van der Waals surface area contributed by atoms with Crippen molar-refractivity contribution in [3.05, 3.63) is 24.0 Å². The average Bonchev–Trinajstić information content (AvgIpc) is 2.46. The molecule has 1 fully saturated rings. The van der Waals surface area contributed by atoms with Crippen molar-refractivity contribution in [3.8, 4) is 0 Å². The molecule has 0 atom stereocenters. The van der Waals surface area contributed by atoms with Crippen molar-refractivity contribution in [2.45, 2.75) is 26.2 Å². The average molecular weight is 248 g/mol. The smallest absolute Gasteiger partial charge is 0.172 e. The Morgan fingerprint density at radius 3 is 2.89 bits per heavy atom. The van der Waals surface area contributed by atoms with Gasteiger partial charge in [-0.25, -0.2) is 0 Å². The lowest BCUT2D eigenvalue weighted by molar-refractivity contribution is 0.318. The van der Waals surface area contributed by atoms with Crippen molar-refractivity contribution in [1.29, 1.82) is 0 Å². The van der Waals surface area contributed by atoms with E-state index in [9.17, 15) is 0 Å². The highest BCUT2D eigenvalue weighted by molar-refractivity contribution is 6.02. The first-order valence-electron chi connectivity index (χ1n) is 6.43. The normalized spacial score (nSPS) is 18.1. The second-order valence-corrected chi connectivity index (χ2v) is 4.72. The molecule has 18 heavy (non-hydrogen) atoms. The number of piperidine rings is 1. The molecule has 0 amide bonds. The highest BCUT2D eigenvalue weighted by Gasteiger charge is 2.20. The summed E-state index contributed by atoms with van der Waals surface area (Å²) in [5.41, 5.74) is 7.41. The van der Waals surface area contributed by atoms with Gasteiger partial charge in [0.05, 0.1) is 11.9 Å². The number of nitrogens with zero attached hydrogens (tertiary/aromatic N) is 3. The Bertz CT molecular complexity index is 425. The highest BCUT2D eigenvalue weighted by atomic mass is 16.4. The van der Waals surface area contributed by atoms with Crippen LogP contribution >= 0.6 is 0 Å². The fraction of sp³-hybridized carbons (Fsp3) is 0.538. The zero-order chi connectivity index (χ0) is 13.0. The van der Waals surface area contributed by atoms with E-state index in [1.807, 2.05) is 0 Å². The number of pyridine rings is 1. The Kier molecular flexibility index (Phi) is 4.02. The molecule has 0 saturated carbocycles. The number of amidine groups is 1. The number of rotatable bonds is 3. The van der Waals surface area contributed by atoms with Gasteiger partial charge in [-0.05, 0) is 24.8 Å². The predicted octanol–water partition coefficient (Wildman–Crippen LogP) is 1.80. The molecule has 98 valence electrons. The number of nitrogens with two attached hydrogens (primary N) is 1. The molecule has 0 unspecified atom stereocenters. The number of aromatic nitrogens is 1. The van der Waals surface area contributed by atoms with Crippen LogP contribution in [0.1, 0.15) is 31.7 Å². The minimum absolute atomic E-state index is 0.144. The molecule has 3 N–H and O–H groups in total. The van der Waals surface area contributed by atoms with Crippen LogP contribution in [0.15, 0.2) is 23.6 Å². The van der Waals surface area contributed by atoms with E-state index in [4.69, 9.17) is 10.9 Å². The van der Waals surface area contributed by atoms with Gasteiger partial charge in [0.15, 0.2) is 5.84 Å². The minimum atomic E-state index is 0.144. The van der Waals surface area contributed by atoms with Gasteiger partial charge in [0.2, 0.25) is 0 Å². The molecule has 2 rings (SSSR count). The second-order valence-electron chi connectivity index (χ2n) is 4.72. The molecule has 5 nitrogen and oxygen atoms in total. The molecule has 1 aliphatic rings. The third-order valence-corrected chi connectivity index (χ3v) is 3.72. The summed E-state index contributed by atoms with van der Waals surface area (Å²) < 4.78 is 0. The Hall–Kier alpha value is -1.78. The van der Waals surface area contributed by atoms with Crippen LogP contribution in [0.3, 0.4) is 0 Å². The Morgan fingerprint density at radius 2 is 2.28 bits per heavy atom. The van der Waals surface area contributed by atoms with Crippen LogP contribution in [0.5, 0.6) is 0 Å². The summed E-state index contributed by atoms with van der Waals surface area (Å²) in [6, 6.07) is 1.79. The summed E-state index contributed by atoms with van der Waals surface area (Å²) in [6.07, 6.45) is 7.09. The van der Waals surface area contributed by atoms with E-state index in [-0.39, 0.29) is 5.84 Å². The molecule has 1 aliphatic heterocycles. The van der Waals surface area contributed by atoms with Crippen LogP contribution in [-0.4, -0.2) is 29.1 Å². The van der Waals surface area contributed by atoms with E-state index < -0.39 is 0 Å². The molecule has 0 bridgehead atoms. The van der Waals surface area contributed by atoms with Crippen molar-refractivity contribution < 1.29 is 5.21 Å². The fourth-order valence-electron chi connectivity index (χ4n) is 2.49.